The Kier molecular flexibility index (Phi) is 5.29. The van der Waals surface area contributed by atoms with Gasteiger partial charge in [-0.25, -0.2) is 14.8 Å². The van der Waals surface area contributed by atoms with Crippen LogP contribution >= 0.6 is 0 Å². The monoisotopic (exact) mass is 436 g/mol. The minimum atomic E-state index is -4.43. The zero-order valence-electron chi connectivity index (χ0n) is 16.4. The Morgan fingerprint density at radius 3 is 2.77 bits per heavy atom. The number of carbonyl (C=O) groups excluding carboxylic acids is 1. The fraction of sp³-hybridized carbons (Fsp3) is 0.368. The number of carbonyl (C=O) groups is 1. The number of hydrogen-bond acceptors (Lipinski definition) is 7. The van der Waals surface area contributed by atoms with E-state index in [2.05, 4.69) is 20.3 Å². The highest BCUT2D eigenvalue weighted by Gasteiger charge is 2.32. The van der Waals surface area contributed by atoms with Crippen LogP contribution in [0.15, 0.2) is 39.8 Å². The molecule has 12 heteroatoms. The van der Waals surface area contributed by atoms with E-state index in [1.54, 1.807) is 11.0 Å². The molecule has 2 N–H and O–H groups in total. The van der Waals surface area contributed by atoms with Gasteiger partial charge >= 0.3 is 11.9 Å². The number of anilines is 2. The van der Waals surface area contributed by atoms with E-state index >= 15 is 0 Å². The van der Waals surface area contributed by atoms with Gasteiger partial charge in [-0.1, -0.05) is 0 Å². The summed E-state index contributed by atoms with van der Waals surface area (Å²) in [4.78, 5) is 37.8. The second-order valence-electron chi connectivity index (χ2n) is 7.22. The van der Waals surface area contributed by atoms with Gasteiger partial charge in [0, 0.05) is 37.9 Å². The summed E-state index contributed by atoms with van der Waals surface area (Å²) in [7, 11) is 0. The van der Waals surface area contributed by atoms with Gasteiger partial charge in [-0.05, 0) is 19.1 Å². The molecule has 0 unspecified atom stereocenters. The first kappa shape index (κ1) is 20.7. The molecule has 31 heavy (non-hydrogen) atoms. The number of nitrogens with zero attached hydrogens (tertiary/aromatic N) is 4. The Morgan fingerprint density at radius 2 is 2.10 bits per heavy atom. The number of halogens is 3. The molecule has 3 aromatic heterocycles. The molecule has 0 spiro atoms. The molecule has 9 nitrogen and oxygen atoms in total. The molecule has 3 aromatic rings. The largest absolute Gasteiger partial charge is 0.418 e. The van der Waals surface area contributed by atoms with Crippen molar-refractivity contribution in [2.75, 3.05) is 36.4 Å². The summed E-state index contributed by atoms with van der Waals surface area (Å²) < 4.78 is 43.1. The van der Waals surface area contributed by atoms with Crippen LogP contribution in [0.25, 0.3) is 11.2 Å². The standard InChI is InChI=1S/C19H19F3N6O3/c1-11-10-27(4-5-28(11)15-3-2-12(7-24-15)19(20,21)22)16(29)9-23-13-6-14-17(25-8-13)26-18(30)31-14/h2-3,6-8,11,23H,4-5,9-10H2,1H3,(H,25,26,30)/t11-/m1/s1. The van der Waals surface area contributed by atoms with Crippen molar-refractivity contribution >= 4 is 28.6 Å². The Labute approximate surface area is 173 Å². The van der Waals surface area contributed by atoms with E-state index in [9.17, 15) is 22.8 Å². The van der Waals surface area contributed by atoms with Gasteiger partial charge in [0.2, 0.25) is 5.91 Å². The maximum atomic E-state index is 12.7. The fourth-order valence-corrected chi connectivity index (χ4v) is 3.47. The van der Waals surface area contributed by atoms with E-state index in [-0.39, 0.29) is 24.1 Å². The number of piperazine rings is 1. The van der Waals surface area contributed by atoms with E-state index in [0.29, 0.717) is 36.8 Å². The number of rotatable bonds is 4. The third kappa shape index (κ3) is 4.47. The van der Waals surface area contributed by atoms with Gasteiger partial charge in [0.05, 0.1) is 24.0 Å². The van der Waals surface area contributed by atoms with Crippen LogP contribution in [-0.4, -0.2) is 58.0 Å². The quantitative estimate of drug-likeness (QED) is 0.645. The molecule has 4 rings (SSSR count). The predicted octanol–water partition coefficient (Wildman–Crippen LogP) is 2.08. The van der Waals surface area contributed by atoms with Crippen LogP contribution in [-0.2, 0) is 11.0 Å². The first-order chi connectivity index (χ1) is 14.7. The maximum absolute atomic E-state index is 12.7. The Morgan fingerprint density at radius 1 is 1.29 bits per heavy atom. The molecule has 0 aliphatic carbocycles. The number of aromatic amines is 1. The molecule has 0 aromatic carbocycles. The average Bonchev–Trinajstić information content (AvgIpc) is 3.10. The van der Waals surface area contributed by atoms with E-state index in [1.165, 1.54) is 12.3 Å². The fourth-order valence-electron chi connectivity index (χ4n) is 3.47. The number of amides is 1. The number of H-pyrrole nitrogens is 1. The van der Waals surface area contributed by atoms with Crippen LogP contribution < -0.4 is 16.0 Å². The van der Waals surface area contributed by atoms with Gasteiger partial charge in [0.25, 0.3) is 0 Å². The summed E-state index contributed by atoms with van der Waals surface area (Å²) in [5.41, 5.74) is 0.344. The predicted molar refractivity (Wildman–Crippen MR) is 106 cm³/mol. The number of hydrogen-bond donors (Lipinski definition) is 2. The minimum Gasteiger partial charge on any atom is -0.406 e. The number of nitrogens with one attached hydrogen (secondary N) is 2. The van der Waals surface area contributed by atoms with Crippen molar-refractivity contribution in [2.45, 2.75) is 19.1 Å². The van der Waals surface area contributed by atoms with Gasteiger partial charge in [0.15, 0.2) is 11.2 Å². The first-order valence-electron chi connectivity index (χ1n) is 9.51. The van der Waals surface area contributed by atoms with Gasteiger partial charge < -0.3 is 19.5 Å². The number of oxazole rings is 1. The van der Waals surface area contributed by atoms with Crippen LogP contribution in [0.1, 0.15) is 12.5 Å². The SMILES string of the molecule is C[C@@H]1CN(C(=O)CNc2cnc3[nH]c(=O)oc3c2)CCN1c1ccc(C(F)(F)F)cn1. The number of fused-ring (bicyclic) bond motifs is 1. The van der Waals surface area contributed by atoms with Gasteiger partial charge in [-0.3, -0.25) is 9.78 Å². The number of alkyl halides is 3. The van der Waals surface area contributed by atoms with Gasteiger partial charge in [-0.2, -0.15) is 13.2 Å². The van der Waals surface area contributed by atoms with Crippen LogP contribution in [0.4, 0.5) is 24.7 Å². The normalized spacial score (nSPS) is 17.2. The first-order valence-corrected chi connectivity index (χ1v) is 9.51. The molecule has 1 saturated heterocycles. The molecule has 0 radical (unpaired) electrons. The minimum absolute atomic E-state index is 0.0209. The van der Waals surface area contributed by atoms with Crippen LogP contribution in [0.2, 0.25) is 0 Å². The Balaban J connectivity index is 1.34. The van der Waals surface area contributed by atoms with Crippen molar-refractivity contribution in [1.82, 2.24) is 19.9 Å². The van der Waals surface area contributed by atoms with Gasteiger partial charge in [-0.15, -0.1) is 0 Å². The highest BCUT2D eigenvalue weighted by molar-refractivity contribution is 5.82. The molecule has 1 amide bonds. The zero-order chi connectivity index (χ0) is 22.2. The van der Waals surface area contributed by atoms with Crippen molar-refractivity contribution in [1.29, 1.82) is 0 Å². The summed E-state index contributed by atoms with van der Waals surface area (Å²) in [6.45, 7) is 3.18. The maximum Gasteiger partial charge on any atom is 0.418 e. The third-order valence-electron chi connectivity index (χ3n) is 5.07. The van der Waals surface area contributed by atoms with Crippen molar-refractivity contribution in [2.24, 2.45) is 0 Å². The van der Waals surface area contributed by atoms with Crippen molar-refractivity contribution in [3.63, 3.8) is 0 Å². The van der Waals surface area contributed by atoms with Crippen molar-refractivity contribution < 1.29 is 22.4 Å². The summed E-state index contributed by atoms with van der Waals surface area (Å²) >= 11 is 0. The van der Waals surface area contributed by atoms with E-state index in [0.717, 1.165) is 12.3 Å². The number of pyridine rings is 2. The smallest absolute Gasteiger partial charge is 0.406 e. The van der Waals surface area contributed by atoms with Gasteiger partial charge in [0.1, 0.15) is 5.82 Å². The lowest BCUT2D eigenvalue weighted by molar-refractivity contribution is -0.137. The molecule has 1 aliphatic rings. The van der Waals surface area contributed by atoms with E-state index < -0.39 is 17.5 Å². The Bertz CT molecular complexity index is 1140. The molecular weight excluding hydrogens is 417 g/mol. The zero-order valence-corrected chi connectivity index (χ0v) is 16.4. The van der Waals surface area contributed by atoms with Crippen molar-refractivity contribution in [3.05, 3.63) is 46.7 Å². The number of aromatic nitrogens is 3. The molecule has 0 bridgehead atoms. The molecule has 1 aliphatic heterocycles. The molecule has 1 atom stereocenters. The molecule has 0 saturated carbocycles. The lowest BCUT2D eigenvalue weighted by Gasteiger charge is -2.40. The highest BCUT2D eigenvalue weighted by atomic mass is 19.4. The molecule has 1 fully saturated rings. The summed E-state index contributed by atoms with van der Waals surface area (Å²) in [6, 6.07) is 3.81. The topological polar surface area (TPSA) is 107 Å². The Hall–Kier alpha value is -3.57. The molecule has 164 valence electrons. The summed E-state index contributed by atoms with van der Waals surface area (Å²) in [5.74, 6) is -0.300. The summed E-state index contributed by atoms with van der Waals surface area (Å²) in [5, 5.41) is 2.96. The second-order valence-corrected chi connectivity index (χ2v) is 7.22. The second kappa shape index (κ2) is 7.93. The lowest BCUT2D eigenvalue weighted by Crippen LogP contribution is -2.55. The summed E-state index contributed by atoms with van der Waals surface area (Å²) in [6.07, 6.45) is -2.12. The average molecular weight is 436 g/mol. The molecular formula is C19H19F3N6O3. The van der Waals surface area contributed by atoms with Crippen molar-refractivity contribution in [3.8, 4) is 0 Å². The highest BCUT2D eigenvalue weighted by Crippen LogP contribution is 2.30. The van der Waals surface area contributed by atoms with Crippen LogP contribution in [0.3, 0.4) is 0 Å². The lowest BCUT2D eigenvalue weighted by atomic mass is 10.1. The van der Waals surface area contributed by atoms with E-state index in [4.69, 9.17) is 4.42 Å². The van der Waals surface area contributed by atoms with Crippen LogP contribution in [0.5, 0.6) is 0 Å². The van der Waals surface area contributed by atoms with Crippen LogP contribution in [0, 0.1) is 0 Å². The van der Waals surface area contributed by atoms with E-state index in [1.807, 2.05) is 11.8 Å². The molecule has 4 heterocycles. The third-order valence-corrected chi connectivity index (χ3v) is 5.07.